The predicted octanol–water partition coefficient (Wildman–Crippen LogP) is 4.78. The van der Waals surface area contributed by atoms with E-state index in [9.17, 15) is 10.1 Å². The second kappa shape index (κ2) is 9.71. The van der Waals surface area contributed by atoms with Crippen molar-refractivity contribution in [2.24, 2.45) is 0 Å². The van der Waals surface area contributed by atoms with Crippen LogP contribution >= 0.6 is 23.7 Å². The Labute approximate surface area is 181 Å². The highest BCUT2D eigenvalue weighted by atomic mass is 35.5. The highest BCUT2D eigenvalue weighted by Crippen LogP contribution is 2.37. The highest BCUT2D eigenvalue weighted by molar-refractivity contribution is 7.16. The van der Waals surface area contributed by atoms with Crippen LogP contribution in [0.15, 0.2) is 60.7 Å². The van der Waals surface area contributed by atoms with E-state index >= 15 is 0 Å². The molecular weight excluding hydrogens is 402 g/mol. The first-order chi connectivity index (χ1) is 13.7. The van der Waals surface area contributed by atoms with Gasteiger partial charge in [-0.1, -0.05) is 60.7 Å². The number of thiophene rings is 1. The topological polar surface area (TPSA) is 56.1 Å². The summed E-state index contributed by atoms with van der Waals surface area (Å²) in [6.07, 6.45) is 1.16. The lowest BCUT2D eigenvalue weighted by Crippen LogP contribution is -2.29. The van der Waals surface area contributed by atoms with Gasteiger partial charge >= 0.3 is 0 Å². The van der Waals surface area contributed by atoms with Crippen molar-refractivity contribution in [3.05, 3.63) is 87.8 Å². The third-order valence-corrected chi connectivity index (χ3v) is 6.09. The van der Waals surface area contributed by atoms with Crippen molar-refractivity contribution < 1.29 is 4.79 Å². The Bertz CT molecular complexity index is 1010. The molecule has 0 atom stereocenters. The number of hydrogen-bond donors (Lipinski definition) is 1. The van der Waals surface area contributed by atoms with Crippen molar-refractivity contribution in [2.45, 2.75) is 25.9 Å². The summed E-state index contributed by atoms with van der Waals surface area (Å²) in [6, 6.07) is 22.4. The predicted molar refractivity (Wildman–Crippen MR) is 119 cm³/mol. The van der Waals surface area contributed by atoms with Gasteiger partial charge in [-0.15, -0.1) is 23.7 Å². The van der Waals surface area contributed by atoms with Crippen LogP contribution in [0.25, 0.3) is 0 Å². The second-order valence-corrected chi connectivity index (χ2v) is 8.08. The molecule has 1 aliphatic rings. The third kappa shape index (κ3) is 5.04. The first-order valence-electron chi connectivity index (χ1n) is 9.37. The zero-order valence-electron chi connectivity index (χ0n) is 15.9. The van der Waals surface area contributed by atoms with Crippen LogP contribution in [-0.2, 0) is 30.7 Å². The average molecular weight is 424 g/mol. The molecule has 0 fully saturated rings. The van der Waals surface area contributed by atoms with Crippen molar-refractivity contribution in [3.8, 4) is 6.07 Å². The molecule has 0 saturated carbocycles. The van der Waals surface area contributed by atoms with Gasteiger partial charge in [0, 0.05) is 24.5 Å². The summed E-state index contributed by atoms with van der Waals surface area (Å²) in [5.74, 6) is -0.0811. The van der Waals surface area contributed by atoms with Gasteiger partial charge in [-0.25, -0.2) is 0 Å². The number of amides is 1. The fourth-order valence-electron chi connectivity index (χ4n) is 3.59. The molecule has 0 radical (unpaired) electrons. The Kier molecular flexibility index (Phi) is 7.05. The van der Waals surface area contributed by atoms with Crippen LogP contribution < -0.4 is 5.32 Å². The molecule has 0 aliphatic carbocycles. The summed E-state index contributed by atoms with van der Waals surface area (Å²) in [6.45, 7) is 2.64. The molecule has 148 valence electrons. The number of nitriles is 1. The number of rotatable bonds is 5. The largest absolute Gasteiger partial charge is 0.316 e. The normalized spacial score (nSPS) is 13.1. The summed E-state index contributed by atoms with van der Waals surface area (Å²) in [5.41, 5.74) is 4.00. The minimum absolute atomic E-state index is 0. The quantitative estimate of drug-likeness (QED) is 0.642. The molecule has 1 aromatic heterocycles. The fraction of sp³-hybridized carbons (Fsp3) is 0.217. The number of nitrogens with zero attached hydrogens (tertiary/aromatic N) is 2. The molecule has 6 heteroatoms. The molecule has 1 amide bonds. The monoisotopic (exact) mass is 423 g/mol. The van der Waals surface area contributed by atoms with E-state index in [1.165, 1.54) is 10.4 Å². The Morgan fingerprint density at radius 1 is 1.07 bits per heavy atom. The average Bonchev–Trinajstić information content (AvgIpc) is 3.05. The molecule has 1 aliphatic heterocycles. The summed E-state index contributed by atoms with van der Waals surface area (Å²) in [5, 5.41) is 13.3. The Hall–Kier alpha value is -2.65. The molecule has 3 aromatic rings. The molecule has 29 heavy (non-hydrogen) atoms. The molecule has 2 aromatic carbocycles. The molecule has 0 unspecified atom stereocenters. The number of hydrogen-bond acceptors (Lipinski definition) is 4. The van der Waals surface area contributed by atoms with E-state index < -0.39 is 0 Å². The Morgan fingerprint density at radius 3 is 2.38 bits per heavy atom. The number of carbonyl (C=O) groups excluding carboxylic acids is 1. The van der Waals surface area contributed by atoms with Gasteiger partial charge in [0.25, 0.3) is 0 Å². The Morgan fingerprint density at radius 2 is 1.72 bits per heavy atom. The van der Waals surface area contributed by atoms with Crippen LogP contribution in [0.1, 0.15) is 27.1 Å². The van der Waals surface area contributed by atoms with Gasteiger partial charge in [0.05, 0.1) is 12.0 Å². The number of benzene rings is 2. The highest BCUT2D eigenvalue weighted by Gasteiger charge is 2.25. The first kappa shape index (κ1) is 21.1. The number of carbonyl (C=O) groups is 1. The zero-order chi connectivity index (χ0) is 19.3. The number of fused-ring (bicyclic) bond motifs is 1. The SMILES string of the molecule is Cl.N#Cc1c(NC(=O)Cc2ccccc2)sc2c1CCN(Cc1ccccc1)C2. The van der Waals surface area contributed by atoms with E-state index in [2.05, 4.69) is 40.6 Å². The van der Waals surface area contributed by atoms with Gasteiger partial charge in [0.1, 0.15) is 11.1 Å². The van der Waals surface area contributed by atoms with Crippen LogP contribution in [0.5, 0.6) is 0 Å². The van der Waals surface area contributed by atoms with E-state index in [0.717, 1.165) is 37.2 Å². The minimum Gasteiger partial charge on any atom is -0.316 e. The minimum atomic E-state index is -0.0811. The van der Waals surface area contributed by atoms with Gasteiger partial charge in [0.2, 0.25) is 5.91 Å². The van der Waals surface area contributed by atoms with E-state index in [-0.39, 0.29) is 18.3 Å². The number of nitrogens with one attached hydrogen (secondary N) is 1. The zero-order valence-corrected chi connectivity index (χ0v) is 17.6. The maximum atomic E-state index is 12.4. The summed E-state index contributed by atoms with van der Waals surface area (Å²) >= 11 is 1.54. The standard InChI is InChI=1S/C23H21N3OS.ClH/c24-14-20-19-11-12-26(15-18-9-5-2-6-10-18)16-21(19)28-23(20)25-22(27)13-17-7-3-1-4-8-17;/h1-10H,11-13,15-16H2,(H,25,27);1H. The molecule has 4 rings (SSSR count). The lowest BCUT2D eigenvalue weighted by Gasteiger charge is -2.26. The first-order valence-corrected chi connectivity index (χ1v) is 10.2. The maximum absolute atomic E-state index is 12.4. The van der Waals surface area contributed by atoms with Crippen molar-refractivity contribution in [3.63, 3.8) is 0 Å². The van der Waals surface area contributed by atoms with Crippen molar-refractivity contribution >= 4 is 34.7 Å². The van der Waals surface area contributed by atoms with E-state index in [1.54, 1.807) is 11.3 Å². The number of halogens is 1. The molecule has 4 nitrogen and oxygen atoms in total. The van der Waals surface area contributed by atoms with E-state index in [1.807, 2.05) is 36.4 Å². The summed E-state index contributed by atoms with van der Waals surface area (Å²) in [4.78, 5) is 16.0. The molecule has 1 N–H and O–H groups in total. The third-order valence-electron chi connectivity index (χ3n) is 4.96. The molecule has 0 saturated heterocycles. The molecular formula is C23H22ClN3OS. The van der Waals surface area contributed by atoms with Crippen LogP contribution in [-0.4, -0.2) is 17.4 Å². The lowest BCUT2D eigenvalue weighted by atomic mass is 10.0. The van der Waals surface area contributed by atoms with Gasteiger partial charge in [0.15, 0.2) is 0 Å². The molecule has 2 heterocycles. The smallest absolute Gasteiger partial charge is 0.229 e. The summed E-state index contributed by atoms with van der Waals surface area (Å²) < 4.78 is 0. The van der Waals surface area contributed by atoms with Crippen LogP contribution in [0.2, 0.25) is 0 Å². The lowest BCUT2D eigenvalue weighted by molar-refractivity contribution is -0.115. The van der Waals surface area contributed by atoms with Crippen molar-refractivity contribution in [1.29, 1.82) is 5.26 Å². The maximum Gasteiger partial charge on any atom is 0.229 e. The van der Waals surface area contributed by atoms with Crippen LogP contribution in [0.4, 0.5) is 5.00 Å². The van der Waals surface area contributed by atoms with E-state index in [0.29, 0.717) is 17.0 Å². The van der Waals surface area contributed by atoms with Crippen LogP contribution in [0.3, 0.4) is 0 Å². The van der Waals surface area contributed by atoms with Crippen molar-refractivity contribution in [2.75, 3.05) is 11.9 Å². The second-order valence-electron chi connectivity index (χ2n) is 6.98. The number of anilines is 1. The summed E-state index contributed by atoms with van der Waals surface area (Å²) in [7, 11) is 0. The van der Waals surface area contributed by atoms with Crippen LogP contribution in [0, 0.1) is 11.3 Å². The van der Waals surface area contributed by atoms with Gasteiger partial charge < -0.3 is 5.32 Å². The molecule has 0 spiro atoms. The van der Waals surface area contributed by atoms with Gasteiger partial charge in [-0.05, 0) is 23.1 Å². The van der Waals surface area contributed by atoms with Crippen molar-refractivity contribution in [1.82, 2.24) is 4.90 Å². The Balaban J connectivity index is 0.00000240. The molecule has 0 bridgehead atoms. The fourth-order valence-corrected chi connectivity index (χ4v) is 4.85. The van der Waals surface area contributed by atoms with Gasteiger partial charge in [-0.3, -0.25) is 9.69 Å². The van der Waals surface area contributed by atoms with Gasteiger partial charge in [-0.2, -0.15) is 5.26 Å². The van der Waals surface area contributed by atoms with E-state index in [4.69, 9.17) is 0 Å².